The van der Waals surface area contributed by atoms with Gasteiger partial charge >= 0.3 is 5.97 Å². The molecule has 0 spiro atoms. The molecule has 4 saturated heterocycles. The molecule has 5 heterocycles. The maximum Gasteiger partial charge on any atom is 0.338 e. The van der Waals surface area contributed by atoms with E-state index in [1.165, 1.54) is 0 Å². The molecule has 0 radical (unpaired) electrons. The molecule has 6 rings (SSSR count). The topological polar surface area (TPSA) is 60.9 Å². The molecule has 6 heteroatoms. The van der Waals surface area contributed by atoms with Crippen molar-refractivity contribution in [3.05, 3.63) is 48.7 Å². The minimum atomic E-state index is -0.951. The van der Waals surface area contributed by atoms with Gasteiger partial charge in [-0.25, -0.2) is 4.79 Å². The Labute approximate surface area is 208 Å². The number of ether oxygens (including phenoxy) is 3. The molecule has 6 atom stereocenters. The molecule has 0 N–H and O–H groups in total. The van der Waals surface area contributed by atoms with E-state index in [0.29, 0.717) is 18.3 Å². The zero-order valence-electron chi connectivity index (χ0n) is 21.5. The first-order valence-electron chi connectivity index (χ1n) is 12.9. The van der Waals surface area contributed by atoms with Crippen molar-refractivity contribution in [3.63, 3.8) is 0 Å². The summed E-state index contributed by atoms with van der Waals surface area (Å²) in [5.74, 6) is 1.54. The second kappa shape index (κ2) is 9.21. The lowest BCUT2D eigenvalue weighted by Crippen LogP contribution is -2.56. The van der Waals surface area contributed by atoms with Gasteiger partial charge in [0.15, 0.2) is 5.60 Å². The monoisotopic (exact) mass is 478 g/mol. The Bertz CT molecular complexity index is 1120. The molecule has 35 heavy (non-hydrogen) atoms. The van der Waals surface area contributed by atoms with Gasteiger partial charge in [0.25, 0.3) is 0 Å². The third-order valence-corrected chi connectivity index (χ3v) is 8.39. The van der Waals surface area contributed by atoms with Crippen LogP contribution in [0.1, 0.15) is 64.5 Å². The number of benzene rings is 1. The van der Waals surface area contributed by atoms with Gasteiger partial charge in [-0.05, 0) is 95.5 Å². The van der Waals surface area contributed by atoms with Crippen LogP contribution in [0.15, 0.2) is 43.1 Å². The van der Waals surface area contributed by atoms with Crippen molar-refractivity contribution in [1.82, 2.24) is 9.88 Å². The van der Waals surface area contributed by atoms with Gasteiger partial charge in [0.2, 0.25) is 0 Å². The first-order valence-corrected chi connectivity index (χ1v) is 12.9. The molecule has 4 fully saturated rings. The highest BCUT2D eigenvalue weighted by molar-refractivity contribution is 5.85. The van der Waals surface area contributed by atoms with Gasteiger partial charge in [-0.1, -0.05) is 6.08 Å². The molecular formula is C29H38N2O4. The first kappa shape index (κ1) is 24.3. The van der Waals surface area contributed by atoms with E-state index in [1.54, 1.807) is 7.11 Å². The third kappa shape index (κ3) is 4.58. The van der Waals surface area contributed by atoms with Crippen molar-refractivity contribution in [1.29, 1.82) is 0 Å². The van der Waals surface area contributed by atoms with Crippen molar-refractivity contribution >= 4 is 16.9 Å². The lowest BCUT2D eigenvalue weighted by atomic mass is 9.73. The summed E-state index contributed by atoms with van der Waals surface area (Å²) in [5.41, 5.74) is 0.551. The Hall–Kier alpha value is -2.44. The molecule has 0 amide bonds. The first-order chi connectivity index (χ1) is 16.7. The molecule has 0 aliphatic carbocycles. The predicted octanol–water partition coefficient (Wildman–Crippen LogP) is 5.46. The van der Waals surface area contributed by atoms with Crippen LogP contribution in [-0.4, -0.2) is 53.3 Å². The second-order valence-electron chi connectivity index (χ2n) is 11.3. The Morgan fingerprint density at radius 2 is 2.11 bits per heavy atom. The van der Waals surface area contributed by atoms with Crippen molar-refractivity contribution < 1.29 is 19.0 Å². The van der Waals surface area contributed by atoms with E-state index in [-0.39, 0.29) is 17.6 Å². The largest absolute Gasteiger partial charge is 0.497 e. The predicted molar refractivity (Wildman–Crippen MR) is 136 cm³/mol. The number of hydrogen-bond acceptors (Lipinski definition) is 6. The molecule has 0 saturated carbocycles. The van der Waals surface area contributed by atoms with E-state index < -0.39 is 11.7 Å². The van der Waals surface area contributed by atoms with E-state index in [4.69, 9.17) is 14.2 Å². The highest BCUT2D eigenvalue weighted by atomic mass is 16.6. The molecule has 2 aromatic rings. The van der Waals surface area contributed by atoms with Crippen LogP contribution in [-0.2, 0) is 14.3 Å². The fourth-order valence-electron chi connectivity index (χ4n) is 6.51. The van der Waals surface area contributed by atoms with Crippen molar-refractivity contribution in [2.75, 3.05) is 20.2 Å². The van der Waals surface area contributed by atoms with Gasteiger partial charge in [-0.2, -0.15) is 0 Å². The Balaban J connectivity index is 1.54. The number of piperidine rings is 3. The number of hydrogen-bond donors (Lipinski definition) is 0. The number of carbonyl (C=O) groups is 1. The number of pyridine rings is 1. The molecule has 2 bridgehead atoms. The van der Waals surface area contributed by atoms with Crippen LogP contribution in [0.2, 0.25) is 0 Å². The summed E-state index contributed by atoms with van der Waals surface area (Å²) in [7, 11) is 1.67. The quantitative estimate of drug-likeness (QED) is 0.406. The van der Waals surface area contributed by atoms with Crippen LogP contribution in [0.3, 0.4) is 0 Å². The number of nitrogens with zero attached hydrogens (tertiary/aromatic N) is 2. The molecule has 6 nitrogen and oxygen atoms in total. The van der Waals surface area contributed by atoms with E-state index in [9.17, 15) is 4.79 Å². The molecule has 1 aromatic carbocycles. The average molecular weight is 479 g/mol. The summed E-state index contributed by atoms with van der Waals surface area (Å²) in [6.45, 7) is 12.0. The van der Waals surface area contributed by atoms with Crippen molar-refractivity contribution in [3.8, 4) is 5.75 Å². The van der Waals surface area contributed by atoms with E-state index >= 15 is 0 Å². The number of aromatic nitrogens is 1. The third-order valence-electron chi connectivity index (χ3n) is 8.39. The molecule has 4 aliphatic rings. The SMILES string of the molecule is C=CC1CN2CC[C@@H]1C[C@H]2[C@H](OC(=O)C1(C)CCCC(C)(C)O1)c1ccnc2ccc(OC)cc12. The van der Waals surface area contributed by atoms with Crippen LogP contribution in [0, 0.1) is 11.8 Å². The van der Waals surface area contributed by atoms with Gasteiger partial charge in [0.1, 0.15) is 11.9 Å². The van der Waals surface area contributed by atoms with Gasteiger partial charge in [0, 0.05) is 23.7 Å². The van der Waals surface area contributed by atoms with E-state index in [2.05, 4.69) is 36.4 Å². The minimum Gasteiger partial charge on any atom is -0.497 e. The lowest BCUT2D eigenvalue weighted by Gasteiger charge is -2.51. The van der Waals surface area contributed by atoms with Crippen LogP contribution in [0.5, 0.6) is 5.75 Å². The molecule has 4 aliphatic heterocycles. The summed E-state index contributed by atoms with van der Waals surface area (Å²) in [6.07, 6.45) is 8.18. The lowest BCUT2D eigenvalue weighted by molar-refractivity contribution is -0.211. The standard InChI is InChI=1S/C29H38N2O4/c1-6-19-18-31-15-11-20(19)16-25(31)26(34-27(32)29(4)13-7-12-28(2,3)35-29)22-10-14-30-24-9-8-21(33-5)17-23(22)24/h6,8-10,14,17,19-20,25-26H,1,7,11-13,15-16,18H2,2-5H3/t19?,20-,25+,26-,29?/m1/s1. The Kier molecular flexibility index (Phi) is 6.39. The molecule has 1 aromatic heterocycles. The van der Waals surface area contributed by atoms with Crippen LogP contribution in [0.25, 0.3) is 10.9 Å². The smallest absolute Gasteiger partial charge is 0.338 e. The fraction of sp³-hybridized carbons (Fsp3) is 0.586. The highest BCUT2D eigenvalue weighted by Crippen LogP contribution is 2.45. The maximum absolute atomic E-state index is 13.8. The molecular weight excluding hydrogens is 440 g/mol. The normalized spacial score (nSPS) is 32.7. The van der Waals surface area contributed by atoms with Gasteiger partial charge in [-0.3, -0.25) is 9.88 Å². The Morgan fingerprint density at radius 1 is 1.29 bits per heavy atom. The van der Waals surface area contributed by atoms with Gasteiger partial charge in [-0.15, -0.1) is 6.58 Å². The number of rotatable bonds is 6. The zero-order valence-corrected chi connectivity index (χ0v) is 21.5. The number of fused-ring (bicyclic) bond motifs is 4. The number of methoxy groups -OCH3 is 1. The molecule has 188 valence electrons. The summed E-state index contributed by atoms with van der Waals surface area (Å²) in [5, 5.41) is 0.961. The zero-order chi connectivity index (χ0) is 24.8. The van der Waals surface area contributed by atoms with Crippen LogP contribution < -0.4 is 4.74 Å². The highest BCUT2D eigenvalue weighted by Gasteiger charge is 2.48. The fourth-order valence-corrected chi connectivity index (χ4v) is 6.51. The number of esters is 1. The summed E-state index contributed by atoms with van der Waals surface area (Å²) < 4.78 is 18.4. The van der Waals surface area contributed by atoms with E-state index in [1.807, 2.05) is 37.4 Å². The molecule has 3 unspecified atom stereocenters. The maximum atomic E-state index is 13.8. The number of carbonyl (C=O) groups excluding carboxylic acids is 1. The summed E-state index contributed by atoms with van der Waals surface area (Å²) in [6, 6.07) is 7.99. The second-order valence-corrected chi connectivity index (χ2v) is 11.3. The summed E-state index contributed by atoms with van der Waals surface area (Å²) in [4.78, 5) is 20.9. The van der Waals surface area contributed by atoms with Crippen molar-refractivity contribution in [2.45, 2.75) is 76.2 Å². The summed E-state index contributed by atoms with van der Waals surface area (Å²) >= 11 is 0. The van der Waals surface area contributed by atoms with Crippen LogP contribution >= 0.6 is 0 Å². The minimum absolute atomic E-state index is 0.103. The van der Waals surface area contributed by atoms with E-state index in [0.717, 1.165) is 61.0 Å². The van der Waals surface area contributed by atoms with Gasteiger partial charge < -0.3 is 14.2 Å². The van der Waals surface area contributed by atoms with Crippen molar-refractivity contribution in [2.24, 2.45) is 11.8 Å². The average Bonchev–Trinajstić information content (AvgIpc) is 2.85. The Morgan fingerprint density at radius 3 is 2.80 bits per heavy atom. The van der Waals surface area contributed by atoms with Crippen LogP contribution in [0.4, 0.5) is 0 Å². The van der Waals surface area contributed by atoms with Gasteiger partial charge in [0.05, 0.1) is 24.3 Å².